The van der Waals surface area contributed by atoms with Crippen LogP contribution in [0.15, 0.2) is 0 Å². The molecule has 0 saturated heterocycles. The first kappa shape index (κ1) is 26.3. The monoisotopic (exact) mass is 362 g/mol. The third-order valence-corrected chi connectivity index (χ3v) is 2.90. The van der Waals surface area contributed by atoms with Gasteiger partial charge in [-0.2, -0.15) is 0 Å². The largest absolute Gasteiger partial charge is 0.460 e. The predicted molar refractivity (Wildman–Crippen MR) is 98.3 cm³/mol. The zero-order valence-electron chi connectivity index (χ0n) is 17.0. The zero-order chi connectivity index (χ0) is 19.9. The molecule has 0 aliphatic heterocycles. The number of ether oxygens (including phenoxy) is 3. The van der Waals surface area contributed by atoms with Gasteiger partial charge in [0.15, 0.2) is 6.29 Å². The van der Waals surface area contributed by atoms with E-state index >= 15 is 0 Å². The van der Waals surface area contributed by atoms with Crippen molar-refractivity contribution in [1.82, 2.24) is 0 Å². The smallest absolute Gasteiger partial charge is 0.305 e. The van der Waals surface area contributed by atoms with Gasteiger partial charge >= 0.3 is 5.97 Å². The molecule has 6 nitrogen and oxygen atoms in total. The molecule has 2 atom stereocenters. The Labute approximate surface area is 153 Å². The lowest BCUT2D eigenvalue weighted by molar-refractivity contribution is -0.220. The van der Waals surface area contributed by atoms with Gasteiger partial charge in [0.1, 0.15) is 12.9 Å². The topological polar surface area (TPSA) is 82.1 Å². The molecule has 6 heteroatoms. The van der Waals surface area contributed by atoms with Crippen molar-refractivity contribution in [3.8, 4) is 0 Å². The maximum absolute atomic E-state index is 11.6. The van der Waals surface area contributed by atoms with Gasteiger partial charge in [-0.1, -0.05) is 34.6 Å². The molecule has 0 aromatic carbocycles. The fourth-order valence-corrected chi connectivity index (χ4v) is 2.03. The Morgan fingerprint density at radius 2 is 1.76 bits per heavy atom. The number of carbonyl (C=O) groups excluding carboxylic acids is 2. The Morgan fingerprint density at radius 1 is 1.16 bits per heavy atom. The van der Waals surface area contributed by atoms with Crippen molar-refractivity contribution >= 4 is 12.3 Å². The second-order valence-electron chi connectivity index (χ2n) is 7.06. The van der Waals surface area contributed by atoms with Gasteiger partial charge in [-0.05, 0) is 32.1 Å². The van der Waals surface area contributed by atoms with Gasteiger partial charge in [0.25, 0.3) is 0 Å². The van der Waals surface area contributed by atoms with E-state index in [1.807, 2.05) is 27.7 Å². The number of unbranched alkanes of at least 4 members (excludes halogenated alkanes) is 1. The molecule has 0 amide bonds. The molecule has 0 aliphatic carbocycles. The van der Waals surface area contributed by atoms with E-state index in [1.165, 1.54) is 0 Å². The molecular weight excluding hydrogens is 324 g/mol. The highest BCUT2D eigenvalue weighted by Gasteiger charge is 2.24. The number of aliphatic hydroxyl groups excluding tert-OH is 1. The summed E-state index contributed by atoms with van der Waals surface area (Å²) in [7, 11) is 0. The van der Waals surface area contributed by atoms with Crippen molar-refractivity contribution in [2.45, 2.75) is 92.6 Å². The molecule has 0 aromatic heterocycles. The van der Waals surface area contributed by atoms with E-state index in [2.05, 4.69) is 20.8 Å². The van der Waals surface area contributed by atoms with Crippen molar-refractivity contribution in [3.63, 3.8) is 0 Å². The summed E-state index contributed by atoms with van der Waals surface area (Å²) in [6, 6.07) is 0. The Kier molecular flexibility index (Phi) is 16.1. The van der Waals surface area contributed by atoms with Crippen LogP contribution in [0.1, 0.15) is 74.1 Å². The second kappa shape index (κ2) is 15.3. The first-order chi connectivity index (χ1) is 11.7. The van der Waals surface area contributed by atoms with E-state index in [9.17, 15) is 14.7 Å². The third kappa shape index (κ3) is 17.6. The summed E-state index contributed by atoms with van der Waals surface area (Å²) in [4.78, 5) is 21.8. The van der Waals surface area contributed by atoms with Crippen molar-refractivity contribution in [2.24, 2.45) is 5.41 Å². The van der Waals surface area contributed by atoms with Gasteiger partial charge in [0.2, 0.25) is 0 Å². The van der Waals surface area contributed by atoms with Crippen LogP contribution in [0.3, 0.4) is 0 Å². The highest BCUT2D eigenvalue weighted by molar-refractivity contribution is 5.69. The van der Waals surface area contributed by atoms with E-state index in [4.69, 9.17) is 14.2 Å². The zero-order valence-corrected chi connectivity index (χ0v) is 17.0. The summed E-state index contributed by atoms with van der Waals surface area (Å²) in [6.07, 6.45) is 1.25. The van der Waals surface area contributed by atoms with Crippen molar-refractivity contribution in [1.29, 1.82) is 0 Å². The maximum atomic E-state index is 11.6. The second-order valence-corrected chi connectivity index (χ2v) is 7.06. The van der Waals surface area contributed by atoms with E-state index in [1.54, 1.807) is 0 Å². The van der Waals surface area contributed by atoms with Gasteiger partial charge < -0.3 is 24.1 Å². The van der Waals surface area contributed by atoms with E-state index in [0.29, 0.717) is 19.3 Å². The molecule has 1 N–H and O–H groups in total. The summed E-state index contributed by atoms with van der Waals surface area (Å²) < 4.78 is 16.5. The lowest BCUT2D eigenvalue weighted by Gasteiger charge is -2.29. The van der Waals surface area contributed by atoms with Gasteiger partial charge in [0.05, 0.1) is 18.8 Å². The number of hydrogen-bond donors (Lipinski definition) is 1. The molecule has 0 bridgehead atoms. The average Bonchev–Trinajstić information content (AvgIpc) is 2.52. The summed E-state index contributed by atoms with van der Waals surface area (Å²) in [5.74, 6) is -0.385. The standard InChI is InChI=1S/C17H32O6.C2H6/c1-13(2)22-16(12-21-15(20)8-6-7-9-18)23-14(11-19)10-17(3,4)5;1-2/h9,13-14,16,19H,6-8,10-12H2,1-5H3;1-2H3. The minimum absolute atomic E-state index is 0.00127. The van der Waals surface area contributed by atoms with Crippen LogP contribution in [-0.2, 0) is 23.8 Å². The van der Waals surface area contributed by atoms with Crippen molar-refractivity contribution < 1.29 is 28.9 Å². The van der Waals surface area contributed by atoms with Gasteiger partial charge in [-0.3, -0.25) is 4.79 Å². The summed E-state index contributed by atoms with van der Waals surface area (Å²) in [5.41, 5.74) is 0.00127. The lowest BCUT2D eigenvalue weighted by atomic mass is 9.89. The molecule has 0 aliphatic rings. The molecular formula is C19H38O6. The minimum atomic E-state index is -0.718. The highest BCUT2D eigenvalue weighted by Crippen LogP contribution is 2.23. The molecule has 25 heavy (non-hydrogen) atoms. The van der Waals surface area contributed by atoms with Crippen LogP contribution in [0.25, 0.3) is 0 Å². The average molecular weight is 363 g/mol. The normalized spacial score (nSPS) is 13.6. The van der Waals surface area contributed by atoms with E-state index in [-0.39, 0.29) is 43.2 Å². The molecule has 0 heterocycles. The summed E-state index contributed by atoms with van der Waals surface area (Å²) in [6.45, 7) is 13.8. The van der Waals surface area contributed by atoms with Crippen LogP contribution in [0.4, 0.5) is 0 Å². The maximum Gasteiger partial charge on any atom is 0.305 e. The predicted octanol–water partition coefficient (Wildman–Crippen LogP) is 3.49. The van der Waals surface area contributed by atoms with Crippen molar-refractivity contribution in [3.05, 3.63) is 0 Å². The fraction of sp³-hybridized carbons (Fsp3) is 0.895. The van der Waals surface area contributed by atoms with E-state index in [0.717, 1.165) is 6.29 Å². The van der Waals surface area contributed by atoms with Crippen LogP contribution in [0.2, 0.25) is 0 Å². The Hall–Kier alpha value is -0.980. The van der Waals surface area contributed by atoms with Crippen LogP contribution in [-0.4, -0.2) is 49.1 Å². The van der Waals surface area contributed by atoms with Crippen LogP contribution in [0.5, 0.6) is 0 Å². The molecule has 0 spiro atoms. The number of carbonyl (C=O) groups is 2. The van der Waals surface area contributed by atoms with Crippen LogP contribution >= 0.6 is 0 Å². The first-order valence-corrected chi connectivity index (χ1v) is 9.19. The number of rotatable bonds is 12. The van der Waals surface area contributed by atoms with Crippen molar-refractivity contribution in [2.75, 3.05) is 13.2 Å². The number of esters is 1. The molecule has 0 rings (SSSR count). The molecule has 0 radical (unpaired) electrons. The van der Waals surface area contributed by atoms with Crippen LogP contribution in [0, 0.1) is 5.41 Å². The molecule has 0 fully saturated rings. The molecule has 2 unspecified atom stereocenters. The van der Waals surface area contributed by atoms with Gasteiger partial charge in [0, 0.05) is 12.8 Å². The van der Waals surface area contributed by atoms with E-state index < -0.39 is 6.29 Å². The molecule has 0 saturated carbocycles. The summed E-state index contributed by atoms with van der Waals surface area (Å²) in [5, 5.41) is 9.47. The number of hydrogen-bond acceptors (Lipinski definition) is 6. The lowest BCUT2D eigenvalue weighted by Crippen LogP contribution is -2.35. The molecule has 150 valence electrons. The fourth-order valence-electron chi connectivity index (χ4n) is 2.03. The number of aliphatic hydroxyl groups is 1. The minimum Gasteiger partial charge on any atom is -0.460 e. The first-order valence-electron chi connectivity index (χ1n) is 9.19. The molecule has 0 aromatic rings. The van der Waals surface area contributed by atoms with Crippen LogP contribution < -0.4 is 0 Å². The number of aldehydes is 1. The SMILES string of the molecule is CC.CC(C)OC(COC(=O)CCCC=O)OC(CO)CC(C)(C)C. The quantitative estimate of drug-likeness (QED) is 0.248. The Balaban J connectivity index is 0. The summed E-state index contributed by atoms with van der Waals surface area (Å²) >= 11 is 0. The van der Waals surface area contributed by atoms with Gasteiger partial charge in [-0.15, -0.1) is 0 Å². The Morgan fingerprint density at radius 3 is 2.20 bits per heavy atom. The van der Waals surface area contributed by atoms with Gasteiger partial charge in [-0.25, -0.2) is 0 Å². The Bertz CT molecular complexity index is 335. The third-order valence-electron chi connectivity index (χ3n) is 2.90. The highest BCUT2D eigenvalue weighted by atomic mass is 16.7.